The van der Waals surface area contributed by atoms with Crippen LogP contribution in [0.2, 0.25) is 0 Å². The molecule has 1 N–H and O–H groups in total. The lowest BCUT2D eigenvalue weighted by molar-refractivity contribution is -0.0391. The molecular weight excluding hydrogens is 196 g/mol. The molecule has 78 valence electrons. The Morgan fingerprint density at radius 1 is 1.64 bits per heavy atom. The summed E-state index contributed by atoms with van der Waals surface area (Å²) in [5, 5.41) is 6.27. The van der Waals surface area contributed by atoms with E-state index in [2.05, 4.69) is 10.3 Å². The van der Waals surface area contributed by atoms with E-state index in [1.165, 1.54) is 12.8 Å². The molecule has 0 radical (unpaired) electrons. The zero-order valence-electron chi connectivity index (χ0n) is 8.40. The van der Waals surface area contributed by atoms with Crippen LogP contribution < -0.4 is 5.32 Å². The quantitative estimate of drug-likeness (QED) is 0.806. The molecule has 0 saturated heterocycles. The fraction of sp³-hybridized carbons (Fsp3) is 0.700. The van der Waals surface area contributed by atoms with Crippen LogP contribution in [0.15, 0.2) is 11.6 Å². The van der Waals surface area contributed by atoms with Crippen molar-refractivity contribution in [3.63, 3.8) is 0 Å². The number of hydrogen-bond donors (Lipinski definition) is 1. The van der Waals surface area contributed by atoms with E-state index in [0.29, 0.717) is 12.7 Å². The minimum atomic E-state index is 0.470. The third kappa shape index (κ3) is 2.53. The maximum Gasteiger partial charge on any atom is 0.118 e. The molecule has 1 saturated carbocycles. The first-order valence-corrected chi connectivity index (χ1v) is 5.91. The third-order valence-corrected chi connectivity index (χ3v) is 3.36. The summed E-state index contributed by atoms with van der Waals surface area (Å²) in [6.45, 7) is 1.81. The Bertz CT molecular complexity index is 257. The van der Waals surface area contributed by atoms with E-state index in [0.717, 1.165) is 17.5 Å². The fourth-order valence-electron chi connectivity index (χ4n) is 1.78. The summed E-state index contributed by atoms with van der Waals surface area (Å²) in [6.07, 6.45) is 4.70. The Balaban J connectivity index is 1.61. The predicted molar refractivity (Wildman–Crippen MR) is 57.3 cm³/mol. The maximum atomic E-state index is 5.72. The molecule has 0 aromatic carbocycles. The molecule has 0 bridgehead atoms. The summed E-state index contributed by atoms with van der Waals surface area (Å²) in [4.78, 5) is 4.18. The molecule has 0 aliphatic heterocycles. The monoisotopic (exact) mass is 212 g/mol. The second-order valence-electron chi connectivity index (χ2n) is 3.75. The normalized spacial score (nSPS) is 26.1. The molecule has 1 fully saturated rings. The molecule has 14 heavy (non-hydrogen) atoms. The highest BCUT2D eigenvalue weighted by Crippen LogP contribution is 2.30. The van der Waals surface area contributed by atoms with Gasteiger partial charge in [-0.05, 0) is 32.4 Å². The lowest BCUT2D eigenvalue weighted by Crippen LogP contribution is -2.36. The van der Waals surface area contributed by atoms with Crippen LogP contribution in [0.1, 0.15) is 17.8 Å². The molecule has 0 spiro atoms. The van der Waals surface area contributed by atoms with Crippen molar-refractivity contribution in [3.05, 3.63) is 16.6 Å². The van der Waals surface area contributed by atoms with Crippen molar-refractivity contribution in [2.75, 3.05) is 13.6 Å². The van der Waals surface area contributed by atoms with Gasteiger partial charge in [-0.1, -0.05) is 0 Å². The van der Waals surface area contributed by atoms with Crippen molar-refractivity contribution >= 4 is 11.3 Å². The fourth-order valence-corrected chi connectivity index (χ4v) is 2.32. The average molecular weight is 212 g/mol. The second kappa shape index (κ2) is 4.87. The zero-order valence-corrected chi connectivity index (χ0v) is 9.22. The van der Waals surface area contributed by atoms with Crippen LogP contribution in [0.4, 0.5) is 0 Å². The van der Waals surface area contributed by atoms with Crippen LogP contribution >= 0.6 is 11.3 Å². The van der Waals surface area contributed by atoms with Gasteiger partial charge >= 0.3 is 0 Å². The molecule has 1 heterocycles. The number of hydrogen-bond acceptors (Lipinski definition) is 4. The van der Waals surface area contributed by atoms with Crippen LogP contribution in [0.25, 0.3) is 0 Å². The van der Waals surface area contributed by atoms with Gasteiger partial charge in [0.05, 0.1) is 12.7 Å². The Hall–Kier alpha value is -0.450. The first-order valence-electron chi connectivity index (χ1n) is 5.03. The van der Waals surface area contributed by atoms with E-state index in [4.69, 9.17) is 4.74 Å². The standard InChI is InChI=1S/C10H16N2OS/c1-11-6-8-4-9(5-8)13-7-10-12-2-3-14-10/h2-3,8-9,11H,4-7H2,1H3. The Kier molecular flexibility index (Phi) is 3.50. The molecule has 3 nitrogen and oxygen atoms in total. The first-order chi connectivity index (χ1) is 6.88. The van der Waals surface area contributed by atoms with Crippen LogP contribution in [0.3, 0.4) is 0 Å². The van der Waals surface area contributed by atoms with Gasteiger partial charge in [0, 0.05) is 11.6 Å². The largest absolute Gasteiger partial charge is 0.371 e. The van der Waals surface area contributed by atoms with Gasteiger partial charge in [0.1, 0.15) is 5.01 Å². The number of rotatable bonds is 5. The summed E-state index contributed by atoms with van der Waals surface area (Å²) in [5.41, 5.74) is 0. The smallest absolute Gasteiger partial charge is 0.118 e. The SMILES string of the molecule is CNCC1CC(OCc2nccs2)C1. The van der Waals surface area contributed by atoms with Crippen LogP contribution in [-0.4, -0.2) is 24.7 Å². The van der Waals surface area contributed by atoms with Crippen molar-refractivity contribution in [3.8, 4) is 0 Å². The molecule has 1 aliphatic rings. The van der Waals surface area contributed by atoms with E-state index in [1.54, 1.807) is 11.3 Å². The molecule has 2 rings (SSSR count). The summed E-state index contributed by atoms with van der Waals surface area (Å²) in [6, 6.07) is 0. The van der Waals surface area contributed by atoms with Crippen molar-refractivity contribution in [2.45, 2.75) is 25.6 Å². The van der Waals surface area contributed by atoms with Gasteiger partial charge in [0.2, 0.25) is 0 Å². The van der Waals surface area contributed by atoms with Gasteiger partial charge in [-0.3, -0.25) is 0 Å². The second-order valence-corrected chi connectivity index (χ2v) is 4.73. The topological polar surface area (TPSA) is 34.1 Å². The maximum absolute atomic E-state index is 5.72. The van der Waals surface area contributed by atoms with Gasteiger partial charge in [-0.2, -0.15) is 0 Å². The lowest BCUT2D eigenvalue weighted by Gasteiger charge is -2.34. The molecule has 4 heteroatoms. The number of aromatic nitrogens is 1. The van der Waals surface area contributed by atoms with Gasteiger partial charge in [0.25, 0.3) is 0 Å². The highest BCUT2D eigenvalue weighted by Gasteiger charge is 2.29. The third-order valence-electron chi connectivity index (χ3n) is 2.61. The Labute approximate surface area is 88.5 Å². The van der Waals surface area contributed by atoms with E-state index < -0.39 is 0 Å². The minimum absolute atomic E-state index is 0.470. The number of nitrogens with zero attached hydrogens (tertiary/aromatic N) is 1. The summed E-state index contributed by atoms with van der Waals surface area (Å²) in [5.74, 6) is 0.821. The summed E-state index contributed by atoms with van der Waals surface area (Å²) < 4.78 is 5.72. The van der Waals surface area contributed by atoms with E-state index in [1.807, 2.05) is 18.6 Å². The highest BCUT2D eigenvalue weighted by molar-refractivity contribution is 7.09. The average Bonchev–Trinajstić information content (AvgIpc) is 2.61. The molecular formula is C10H16N2OS. The van der Waals surface area contributed by atoms with Crippen LogP contribution in [0, 0.1) is 5.92 Å². The van der Waals surface area contributed by atoms with Crippen molar-refractivity contribution in [1.29, 1.82) is 0 Å². The van der Waals surface area contributed by atoms with Gasteiger partial charge in [-0.25, -0.2) is 4.98 Å². The summed E-state index contributed by atoms with van der Waals surface area (Å²) in [7, 11) is 2.00. The highest BCUT2D eigenvalue weighted by atomic mass is 32.1. The minimum Gasteiger partial charge on any atom is -0.371 e. The number of nitrogens with one attached hydrogen (secondary N) is 1. The van der Waals surface area contributed by atoms with E-state index in [-0.39, 0.29) is 0 Å². The molecule has 0 amide bonds. The molecule has 0 atom stereocenters. The Morgan fingerprint density at radius 2 is 2.50 bits per heavy atom. The zero-order chi connectivity index (χ0) is 9.80. The number of thiazole rings is 1. The number of ether oxygens (including phenoxy) is 1. The van der Waals surface area contributed by atoms with Gasteiger partial charge < -0.3 is 10.1 Å². The molecule has 1 aromatic rings. The van der Waals surface area contributed by atoms with Gasteiger partial charge in [-0.15, -0.1) is 11.3 Å². The summed E-state index contributed by atoms with van der Waals surface area (Å²) >= 11 is 1.66. The van der Waals surface area contributed by atoms with Crippen molar-refractivity contribution < 1.29 is 4.74 Å². The van der Waals surface area contributed by atoms with Crippen molar-refractivity contribution in [1.82, 2.24) is 10.3 Å². The Morgan fingerprint density at radius 3 is 3.14 bits per heavy atom. The van der Waals surface area contributed by atoms with Crippen LogP contribution in [0.5, 0.6) is 0 Å². The predicted octanol–water partition coefficient (Wildman–Crippen LogP) is 1.66. The van der Waals surface area contributed by atoms with E-state index in [9.17, 15) is 0 Å². The van der Waals surface area contributed by atoms with E-state index >= 15 is 0 Å². The molecule has 1 aromatic heterocycles. The molecule has 1 aliphatic carbocycles. The van der Waals surface area contributed by atoms with Gasteiger partial charge in [0.15, 0.2) is 0 Å². The first kappa shape index (κ1) is 10.1. The lowest BCUT2D eigenvalue weighted by atomic mass is 9.82. The van der Waals surface area contributed by atoms with Crippen molar-refractivity contribution in [2.24, 2.45) is 5.92 Å². The van der Waals surface area contributed by atoms with Crippen LogP contribution in [-0.2, 0) is 11.3 Å². The molecule has 0 unspecified atom stereocenters.